The number of halogens is 1. The van der Waals surface area contributed by atoms with Crippen LogP contribution in [0.5, 0.6) is 5.75 Å². The van der Waals surface area contributed by atoms with Crippen LogP contribution in [0.4, 0.5) is 4.39 Å². The molecule has 6 nitrogen and oxygen atoms in total. The number of hydrogen-bond acceptors (Lipinski definition) is 6. The van der Waals surface area contributed by atoms with Crippen LogP contribution in [0.2, 0.25) is 0 Å². The van der Waals surface area contributed by atoms with E-state index in [-0.39, 0.29) is 23.6 Å². The van der Waals surface area contributed by atoms with Crippen molar-refractivity contribution in [1.29, 1.82) is 5.26 Å². The number of benzene rings is 2. The van der Waals surface area contributed by atoms with Crippen LogP contribution in [0.25, 0.3) is 0 Å². The highest BCUT2D eigenvalue weighted by Gasteiger charge is 2.44. The van der Waals surface area contributed by atoms with Gasteiger partial charge in [-0.2, -0.15) is 5.26 Å². The highest BCUT2D eigenvalue weighted by Crippen LogP contribution is 2.50. The van der Waals surface area contributed by atoms with E-state index in [0.29, 0.717) is 59.8 Å². The number of carbonyl (C=O) groups is 1. The van der Waals surface area contributed by atoms with Crippen LogP contribution >= 0.6 is 0 Å². The van der Waals surface area contributed by atoms with Gasteiger partial charge in [-0.15, -0.1) is 0 Å². The van der Waals surface area contributed by atoms with Crippen LogP contribution in [-0.2, 0) is 16.1 Å². The third-order valence-corrected chi connectivity index (χ3v) is 6.52. The van der Waals surface area contributed by atoms with E-state index in [0.717, 1.165) is 5.70 Å². The van der Waals surface area contributed by atoms with Crippen LogP contribution in [-0.4, -0.2) is 30.9 Å². The number of para-hydroxylation sites is 1. The Morgan fingerprint density at radius 2 is 1.97 bits per heavy atom. The van der Waals surface area contributed by atoms with E-state index >= 15 is 0 Å². The van der Waals surface area contributed by atoms with E-state index in [1.54, 1.807) is 25.3 Å². The summed E-state index contributed by atoms with van der Waals surface area (Å²) in [5.41, 5.74) is 9.46. The molecule has 0 aromatic heterocycles. The van der Waals surface area contributed by atoms with Crippen LogP contribution < -0.4 is 10.5 Å². The minimum atomic E-state index is -0.638. The lowest BCUT2D eigenvalue weighted by Gasteiger charge is -2.44. The molecule has 2 N–H and O–H groups in total. The Labute approximate surface area is 205 Å². The predicted octanol–water partition coefficient (Wildman–Crippen LogP) is 4.79. The highest BCUT2D eigenvalue weighted by atomic mass is 19.1. The summed E-state index contributed by atoms with van der Waals surface area (Å²) in [6.07, 6.45) is 1.03. The maximum Gasteiger partial charge on any atom is 0.162 e. The maximum atomic E-state index is 13.7. The Morgan fingerprint density at radius 3 is 2.69 bits per heavy atom. The number of ether oxygens (including phenoxy) is 2. The average molecular weight is 476 g/mol. The number of methoxy groups -OCH3 is 1. The fourth-order valence-corrected chi connectivity index (χ4v) is 4.96. The van der Waals surface area contributed by atoms with Crippen molar-refractivity contribution < 1.29 is 18.7 Å². The van der Waals surface area contributed by atoms with Crippen LogP contribution in [0.15, 0.2) is 71.2 Å². The van der Waals surface area contributed by atoms with E-state index in [9.17, 15) is 14.4 Å². The molecule has 0 amide bonds. The van der Waals surface area contributed by atoms with Crippen molar-refractivity contribution in [1.82, 2.24) is 4.90 Å². The van der Waals surface area contributed by atoms with E-state index in [1.807, 2.05) is 23.1 Å². The zero-order valence-electron chi connectivity index (χ0n) is 20.3. The van der Waals surface area contributed by atoms with Crippen molar-refractivity contribution >= 4 is 5.78 Å². The molecule has 1 atom stereocenters. The number of nitrogens with zero attached hydrogens (tertiary/aromatic N) is 2. The zero-order valence-corrected chi connectivity index (χ0v) is 20.3. The minimum absolute atomic E-state index is 0.00357. The molecule has 0 spiro atoms. The molecule has 2 aromatic rings. The van der Waals surface area contributed by atoms with Crippen molar-refractivity contribution in [2.45, 2.75) is 39.2 Å². The molecule has 0 fully saturated rings. The van der Waals surface area contributed by atoms with Crippen LogP contribution in [0, 0.1) is 22.6 Å². The Balaban J connectivity index is 1.81. The number of allylic oxidation sites excluding steroid dienone is 3. The van der Waals surface area contributed by atoms with Gasteiger partial charge >= 0.3 is 0 Å². The molecule has 0 saturated carbocycles. The molecule has 1 heterocycles. The van der Waals surface area contributed by atoms with Gasteiger partial charge in [0, 0.05) is 36.9 Å². The summed E-state index contributed by atoms with van der Waals surface area (Å²) < 4.78 is 25.0. The number of nitrogens with two attached hydrogens (primary N) is 1. The summed E-state index contributed by atoms with van der Waals surface area (Å²) in [4.78, 5) is 15.4. The molecular formula is C28H30FN3O3. The molecule has 182 valence electrons. The number of nitriles is 1. The molecule has 4 rings (SSSR count). The number of Topliss-reactive ketones (excluding diaryl/α,β-unsaturated/α-hetero) is 1. The topological polar surface area (TPSA) is 88.6 Å². The van der Waals surface area contributed by atoms with Gasteiger partial charge < -0.3 is 20.1 Å². The fourth-order valence-electron chi connectivity index (χ4n) is 4.96. The molecule has 0 radical (unpaired) electrons. The lowest BCUT2D eigenvalue weighted by atomic mass is 9.68. The normalized spacial score (nSPS) is 19.5. The first-order chi connectivity index (χ1) is 16.8. The van der Waals surface area contributed by atoms with E-state index < -0.39 is 5.92 Å². The molecule has 2 aromatic carbocycles. The summed E-state index contributed by atoms with van der Waals surface area (Å²) in [7, 11) is 1.61. The number of carbonyl (C=O) groups excluding carboxylic acids is 1. The monoisotopic (exact) mass is 475 g/mol. The Kier molecular flexibility index (Phi) is 6.95. The smallest absolute Gasteiger partial charge is 0.162 e. The quantitative estimate of drug-likeness (QED) is 0.620. The Morgan fingerprint density at radius 1 is 1.20 bits per heavy atom. The maximum absolute atomic E-state index is 13.7. The summed E-state index contributed by atoms with van der Waals surface area (Å²) in [5, 5.41) is 10.2. The summed E-state index contributed by atoms with van der Waals surface area (Å²) in [5.74, 6) is -0.115. The van der Waals surface area contributed by atoms with Gasteiger partial charge in [0.25, 0.3) is 0 Å². The van der Waals surface area contributed by atoms with Gasteiger partial charge in [-0.1, -0.05) is 44.2 Å². The number of ketones is 1. The average Bonchev–Trinajstić information content (AvgIpc) is 2.81. The van der Waals surface area contributed by atoms with Crippen molar-refractivity contribution in [2.75, 3.05) is 20.3 Å². The molecule has 7 heteroatoms. The van der Waals surface area contributed by atoms with Gasteiger partial charge in [-0.3, -0.25) is 4.79 Å². The number of hydrogen-bond donors (Lipinski definition) is 1. The molecule has 1 aliphatic carbocycles. The second-order valence-corrected chi connectivity index (χ2v) is 9.75. The van der Waals surface area contributed by atoms with E-state index in [4.69, 9.17) is 15.2 Å². The predicted molar refractivity (Wildman–Crippen MR) is 130 cm³/mol. The van der Waals surface area contributed by atoms with Gasteiger partial charge in [0.15, 0.2) is 5.78 Å². The Hall–Kier alpha value is -3.63. The third kappa shape index (κ3) is 4.94. The van der Waals surface area contributed by atoms with Crippen LogP contribution in [0.3, 0.4) is 0 Å². The molecular weight excluding hydrogens is 445 g/mol. The summed E-state index contributed by atoms with van der Waals surface area (Å²) in [6, 6.07) is 15.8. The second kappa shape index (κ2) is 9.93. The van der Waals surface area contributed by atoms with Crippen molar-refractivity contribution in [2.24, 2.45) is 11.1 Å². The highest BCUT2D eigenvalue weighted by molar-refractivity contribution is 6.00. The lowest BCUT2D eigenvalue weighted by Crippen LogP contribution is -2.43. The molecule has 1 aliphatic heterocycles. The van der Waals surface area contributed by atoms with Crippen LogP contribution in [0.1, 0.15) is 43.7 Å². The first-order valence-electron chi connectivity index (χ1n) is 11.6. The molecule has 0 unspecified atom stereocenters. The summed E-state index contributed by atoms with van der Waals surface area (Å²) >= 11 is 0. The van der Waals surface area contributed by atoms with E-state index in [2.05, 4.69) is 19.9 Å². The minimum Gasteiger partial charge on any atom is -0.489 e. The van der Waals surface area contributed by atoms with E-state index in [1.165, 1.54) is 12.1 Å². The molecule has 2 aliphatic rings. The van der Waals surface area contributed by atoms with Crippen molar-refractivity contribution in [3.63, 3.8) is 0 Å². The second-order valence-electron chi connectivity index (χ2n) is 9.75. The number of rotatable bonds is 7. The Bertz CT molecular complexity index is 1240. The molecule has 0 bridgehead atoms. The van der Waals surface area contributed by atoms with Gasteiger partial charge in [-0.25, -0.2) is 4.39 Å². The van der Waals surface area contributed by atoms with Crippen molar-refractivity contribution in [3.8, 4) is 11.8 Å². The van der Waals surface area contributed by atoms with Gasteiger partial charge in [0.1, 0.15) is 24.0 Å². The van der Waals surface area contributed by atoms with Crippen molar-refractivity contribution in [3.05, 3.63) is 88.1 Å². The summed E-state index contributed by atoms with van der Waals surface area (Å²) in [6.45, 7) is 5.13. The fraction of sp³-hybridized carbons (Fsp3) is 0.357. The first kappa shape index (κ1) is 24.5. The van der Waals surface area contributed by atoms with Gasteiger partial charge in [0.05, 0.1) is 24.2 Å². The molecule has 0 saturated heterocycles. The molecule has 35 heavy (non-hydrogen) atoms. The largest absolute Gasteiger partial charge is 0.489 e. The third-order valence-electron chi connectivity index (χ3n) is 6.52. The lowest BCUT2D eigenvalue weighted by molar-refractivity contribution is -0.118. The van der Waals surface area contributed by atoms with Gasteiger partial charge in [0.2, 0.25) is 0 Å². The van der Waals surface area contributed by atoms with Gasteiger partial charge in [-0.05, 0) is 35.6 Å². The SMILES string of the molecule is COCCN1C(N)=C(C#N)[C@H](c2ccccc2OCc2cccc(F)c2)C2=C1CC(C)(C)CC2=O. The first-order valence-corrected chi connectivity index (χ1v) is 11.6. The zero-order chi connectivity index (χ0) is 25.2. The standard InChI is InChI=1S/C28H30FN3O3/c1-28(2)14-22-26(23(33)15-28)25(21(16-30)27(31)32(22)11-12-34-3)20-9-4-5-10-24(20)35-17-18-7-6-8-19(29)13-18/h4-10,13,25H,11-12,14-15,17,31H2,1-3H3/t25-/m0/s1.